The van der Waals surface area contributed by atoms with Crippen LogP contribution in [0.3, 0.4) is 0 Å². The lowest BCUT2D eigenvalue weighted by Crippen LogP contribution is -2.37. The third-order valence-electron chi connectivity index (χ3n) is 2.96. The lowest BCUT2D eigenvalue weighted by molar-refractivity contribution is -0.119. The van der Waals surface area contributed by atoms with E-state index >= 15 is 0 Å². The van der Waals surface area contributed by atoms with Crippen molar-refractivity contribution in [1.82, 2.24) is 10.9 Å². The highest BCUT2D eigenvalue weighted by molar-refractivity contribution is 9.10. The second-order valence-electron chi connectivity index (χ2n) is 4.78. The van der Waals surface area contributed by atoms with Gasteiger partial charge in [0.25, 0.3) is 0 Å². The summed E-state index contributed by atoms with van der Waals surface area (Å²) in [6.45, 7) is 3.90. The van der Waals surface area contributed by atoms with Crippen LogP contribution < -0.4 is 10.9 Å². The summed E-state index contributed by atoms with van der Waals surface area (Å²) in [7, 11) is 0. The normalized spacial score (nSPS) is 10.2. The SMILES string of the molecule is C=C(NNC(=O)CSCc1ccc(Cl)cc1)c1ccc(Br)cc1. The zero-order chi connectivity index (χ0) is 16.7. The van der Waals surface area contributed by atoms with Crippen LogP contribution in [0.15, 0.2) is 59.6 Å². The fourth-order valence-corrected chi connectivity index (χ4v) is 2.92. The minimum Gasteiger partial charge on any atom is -0.299 e. The second kappa shape index (κ2) is 9.01. The molecule has 2 N–H and O–H groups in total. The number of nitrogens with one attached hydrogen (secondary N) is 2. The number of hydrogen-bond acceptors (Lipinski definition) is 3. The monoisotopic (exact) mass is 410 g/mol. The van der Waals surface area contributed by atoms with E-state index in [9.17, 15) is 4.79 Å². The molecule has 0 saturated carbocycles. The van der Waals surface area contributed by atoms with E-state index < -0.39 is 0 Å². The first-order valence-corrected chi connectivity index (χ1v) is 9.19. The Morgan fingerprint density at radius 2 is 1.74 bits per heavy atom. The number of carbonyl (C=O) groups is 1. The number of amides is 1. The highest BCUT2D eigenvalue weighted by Crippen LogP contribution is 2.16. The molecule has 0 unspecified atom stereocenters. The maximum absolute atomic E-state index is 11.8. The van der Waals surface area contributed by atoms with Crippen molar-refractivity contribution >= 4 is 50.9 Å². The van der Waals surface area contributed by atoms with Gasteiger partial charge in [0.1, 0.15) is 0 Å². The number of carbonyl (C=O) groups excluding carboxylic acids is 1. The van der Waals surface area contributed by atoms with Gasteiger partial charge in [-0.3, -0.25) is 15.6 Å². The zero-order valence-corrected chi connectivity index (χ0v) is 15.5. The average molecular weight is 412 g/mol. The van der Waals surface area contributed by atoms with Crippen LogP contribution in [0.5, 0.6) is 0 Å². The van der Waals surface area contributed by atoms with Crippen molar-refractivity contribution < 1.29 is 4.79 Å². The number of halogens is 2. The van der Waals surface area contributed by atoms with Crippen molar-refractivity contribution in [2.45, 2.75) is 5.75 Å². The third kappa shape index (κ3) is 6.29. The molecule has 0 spiro atoms. The van der Waals surface area contributed by atoms with Crippen molar-refractivity contribution in [3.8, 4) is 0 Å². The van der Waals surface area contributed by atoms with Crippen LogP contribution in [0, 0.1) is 0 Å². The van der Waals surface area contributed by atoms with Gasteiger partial charge >= 0.3 is 0 Å². The van der Waals surface area contributed by atoms with Crippen LogP contribution in [0.4, 0.5) is 0 Å². The largest absolute Gasteiger partial charge is 0.299 e. The number of rotatable bonds is 7. The van der Waals surface area contributed by atoms with Gasteiger partial charge in [-0.15, -0.1) is 11.8 Å². The second-order valence-corrected chi connectivity index (χ2v) is 7.12. The predicted octanol–water partition coefficient (Wildman–Crippen LogP) is 4.63. The molecule has 2 aromatic rings. The summed E-state index contributed by atoms with van der Waals surface area (Å²) in [6.07, 6.45) is 0. The molecule has 2 rings (SSSR count). The Hall–Kier alpha value is -1.43. The quantitative estimate of drug-likeness (QED) is 0.653. The number of hydrazine groups is 1. The number of benzene rings is 2. The fraction of sp³-hybridized carbons (Fsp3) is 0.118. The summed E-state index contributed by atoms with van der Waals surface area (Å²) >= 11 is 10.8. The predicted molar refractivity (Wildman–Crippen MR) is 102 cm³/mol. The molecule has 120 valence electrons. The summed E-state index contributed by atoms with van der Waals surface area (Å²) in [4.78, 5) is 11.8. The summed E-state index contributed by atoms with van der Waals surface area (Å²) in [5.74, 6) is 1.03. The Morgan fingerprint density at radius 1 is 1.09 bits per heavy atom. The molecule has 0 fully saturated rings. The Kier molecular flexibility index (Phi) is 7.02. The van der Waals surface area contributed by atoms with E-state index in [1.54, 1.807) is 0 Å². The van der Waals surface area contributed by atoms with Crippen LogP contribution in [0.2, 0.25) is 5.02 Å². The van der Waals surface area contributed by atoms with Gasteiger partial charge in [0.05, 0.1) is 11.4 Å². The molecule has 0 aliphatic rings. The molecule has 0 saturated heterocycles. The van der Waals surface area contributed by atoms with Crippen LogP contribution in [0.25, 0.3) is 5.70 Å². The first-order chi connectivity index (χ1) is 11.0. The summed E-state index contributed by atoms with van der Waals surface area (Å²) < 4.78 is 0.997. The van der Waals surface area contributed by atoms with E-state index in [0.717, 1.165) is 21.4 Å². The first-order valence-electron chi connectivity index (χ1n) is 6.86. The van der Waals surface area contributed by atoms with Gasteiger partial charge in [0.15, 0.2) is 0 Å². The van der Waals surface area contributed by atoms with Gasteiger partial charge in [0.2, 0.25) is 5.91 Å². The average Bonchev–Trinajstić information content (AvgIpc) is 2.55. The topological polar surface area (TPSA) is 41.1 Å². The van der Waals surface area contributed by atoms with Gasteiger partial charge < -0.3 is 0 Å². The molecule has 0 aliphatic heterocycles. The van der Waals surface area contributed by atoms with E-state index in [0.29, 0.717) is 16.5 Å². The Morgan fingerprint density at radius 3 is 2.39 bits per heavy atom. The van der Waals surface area contributed by atoms with Crippen LogP contribution >= 0.6 is 39.3 Å². The lowest BCUT2D eigenvalue weighted by atomic mass is 10.2. The zero-order valence-electron chi connectivity index (χ0n) is 12.3. The summed E-state index contributed by atoms with van der Waals surface area (Å²) in [5, 5.41) is 0.715. The molecular weight excluding hydrogens is 396 g/mol. The first kappa shape index (κ1) is 17.9. The van der Waals surface area contributed by atoms with Gasteiger partial charge in [-0.05, 0) is 35.4 Å². The minimum absolute atomic E-state index is 0.0952. The minimum atomic E-state index is -0.0952. The Balaban J connectivity index is 1.69. The van der Waals surface area contributed by atoms with Crippen LogP contribution in [-0.2, 0) is 10.5 Å². The molecule has 0 aliphatic carbocycles. The molecule has 2 aromatic carbocycles. The molecule has 0 aromatic heterocycles. The van der Waals surface area contributed by atoms with E-state index in [-0.39, 0.29) is 5.91 Å². The Bertz CT molecular complexity index is 674. The molecule has 0 radical (unpaired) electrons. The highest BCUT2D eigenvalue weighted by Gasteiger charge is 2.03. The van der Waals surface area contributed by atoms with Crippen molar-refractivity contribution in [2.24, 2.45) is 0 Å². The van der Waals surface area contributed by atoms with E-state index in [2.05, 4.69) is 33.4 Å². The van der Waals surface area contributed by atoms with Crippen molar-refractivity contribution in [3.05, 3.63) is 75.7 Å². The van der Waals surface area contributed by atoms with Gasteiger partial charge in [-0.25, -0.2) is 0 Å². The van der Waals surface area contributed by atoms with Crippen molar-refractivity contribution in [1.29, 1.82) is 0 Å². The standard InChI is InChI=1S/C17H16BrClN2OS/c1-12(14-4-6-15(18)7-5-14)20-21-17(22)11-23-10-13-2-8-16(19)9-3-13/h2-9,20H,1,10-11H2,(H,21,22). The molecule has 1 amide bonds. The molecule has 3 nitrogen and oxygen atoms in total. The molecular formula is C17H16BrClN2OS. The maximum Gasteiger partial charge on any atom is 0.248 e. The van der Waals surface area contributed by atoms with Gasteiger partial charge in [-0.2, -0.15) is 0 Å². The fourth-order valence-electron chi connectivity index (χ4n) is 1.75. The van der Waals surface area contributed by atoms with Crippen molar-refractivity contribution in [2.75, 3.05) is 5.75 Å². The maximum atomic E-state index is 11.8. The van der Waals surface area contributed by atoms with Gasteiger partial charge in [-0.1, -0.05) is 58.4 Å². The highest BCUT2D eigenvalue weighted by atomic mass is 79.9. The van der Waals surface area contributed by atoms with E-state index in [1.807, 2.05) is 48.5 Å². The Labute approximate surface area is 153 Å². The molecule has 0 heterocycles. The number of hydrogen-bond donors (Lipinski definition) is 2. The van der Waals surface area contributed by atoms with E-state index in [1.165, 1.54) is 11.8 Å². The van der Waals surface area contributed by atoms with Crippen LogP contribution in [-0.4, -0.2) is 11.7 Å². The molecule has 0 bridgehead atoms. The molecule has 6 heteroatoms. The lowest BCUT2D eigenvalue weighted by Gasteiger charge is -2.11. The summed E-state index contributed by atoms with van der Waals surface area (Å²) in [5.41, 5.74) is 8.19. The third-order valence-corrected chi connectivity index (χ3v) is 4.75. The molecule has 0 atom stereocenters. The number of thioether (sulfide) groups is 1. The van der Waals surface area contributed by atoms with Crippen molar-refractivity contribution in [3.63, 3.8) is 0 Å². The van der Waals surface area contributed by atoms with E-state index in [4.69, 9.17) is 11.6 Å². The van der Waals surface area contributed by atoms with Gasteiger partial charge in [0, 0.05) is 15.2 Å². The summed E-state index contributed by atoms with van der Waals surface area (Å²) in [6, 6.07) is 15.3. The molecule has 23 heavy (non-hydrogen) atoms. The smallest absolute Gasteiger partial charge is 0.248 e. The van der Waals surface area contributed by atoms with Crippen LogP contribution in [0.1, 0.15) is 11.1 Å².